The van der Waals surface area contributed by atoms with Crippen LogP contribution in [0.4, 0.5) is 0 Å². The van der Waals surface area contributed by atoms with E-state index in [4.69, 9.17) is 28.4 Å². The number of carbonyl (C=O) groups excluding carboxylic acids is 7. The Kier molecular flexibility index (Phi) is 14.2. The van der Waals surface area contributed by atoms with E-state index in [0.717, 1.165) is 13.8 Å². The van der Waals surface area contributed by atoms with E-state index in [0.29, 0.717) is 18.4 Å². The van der Waals surface area contributed by atoms with Crippen LogP contribution in [0.15, 0.2) is 102 Å². The number of benzene rings is 3. The smallest absolute Gasteiger partial charge is 0.350 e. The third-order valence-corrected chi connectivity index (χ3v) is 14.5. The second-order valence-electron chi connectivity index (χ2n) is 18.9. The highest BCUT2D eigenvalue weighted by molar-refractivity contribution is 5.96. The Balaban J connectivity index is 1.42. The predicted molar refractivity (Wildman–Crippen MR) is 241 cm³/mol. The second-order valence-corrected chi connectivity index (χ2v) is 18.9. The van der Waals surface area contributed by atoms with Gasteiger partial charge in [0.1, 0.15) is 30.0 Å². The maximum atomic E-state index is 15.7. The minimum absolute atomic E-state index is 0.0149. The fourth-order valence-electron chi connectivity index (χ4n) is 10.8. The van der Waals surface area contributed by atoms with Gasteiger partial charge in [-0.25, -0.2) is 9.59 Å². The van der Waals surface area contributed by atoms with Gasteiger partial charge in [0.15, 0.2) is 17.5 Å². The molecule has 1 saturated heterocycles. The van der Waals surface area contributed by atoms with Crippen LogP contribution in [0.2, 0.25) is 0 Å². The van der Waals surface area contributed by atoms with Gasteiger partial charge >= 0.3 is 29.8 Å². The molecule has 362 valence electrons. The molecule has 11 atom stereocenters. The molecule has 3 aromatic rings. The molecule has 0 aromatic heterocycles. The summed E-state index contributed by atoms with van der Waals surface area (Å²) in [5.41, 5.74) is -7.17. The van der Waals surface area contributed by atoms with Crippen molar-refractivity contribution >= 4 is 41.5 Å². The van der Waals surface area contributed by atoms with Crippen molar-refractivity contribution in [1.82, 2.24) is 5.32 Å². The molecule has 1 amide bonds. The molecular weight excluding hydrogens is 879 g/mol. The molecule has 3 aromatic carbocycles. The third kappa shape index (κ3) is 8.85. The normalized spacial score (nSPS) is 30.0. The highest BCUT2D eigenvalue weighted by atomic mass is 16.6. The van der Waals surface area contributed by atoms with Gasteiger partial charge in [-0.2, -0.15) is 0 Å². The van der Waals surface area contributed by atoms with E-state index in [1.165, 1.54) is 26.0 Å². The van der Waals surface area contributed by atoms with Crippen LogP contribution < -0.4 is 5.32 Å². The van der Waals surface area contributed by atoms with Crippen molar-refractivity contribution in [3.63, 3.8) is 0 Å². The highest BCUT2D eigenvalue weighted by Crippen LogP contribution is 2.64. The number of unbranched alkanes of at least 4 members (excludes halogenated alkanes) is 1. The Hall–Kier alpha value is -6.23. The van der Waals surface area contributed by atoms with Crippen LogP contribution in [0.5, 0.6) is 0 Å². The molecule has 0 radical (unpaired) electrons. The van der Waals surface area contributed by atoms with Gasteiger partial charge in [-0.05, 0) is 61.2 Å². The van der Waals surface area contributed by atoms with Gasteiger partial charge in [0.05, 0.1) is 29.6 Å². The fourth-order valence-corrected chi connectivity index (χ4v) is 10.8. The first-order chi connectivity index (χ1) is 32.2. The van der Waals surface area contributed by atoms with E-state index in [1.807, 2.05) is 6.92 Å². The van der Waals surface area contributed by atoms with Gasteiger partial charge < -0.3 is 44.0 Å². The topological polar surface area (TPSA) is 227 Å². The fraction of sp³-hybridized carbons (Fsp3) is 0.481. The summed E-state index contributed by atoms with van der Waals surface area (Å²) in [6.07, 6.45) is -9.51. The van der Waals surface area contributed by atoms with Crippen molar-refractivity contribution in [1.29, 1.82) is 0 Å². The number of ether oxygens (including phenoxy) is 6. The molecule has 0 spiro atoms. The van der Waals surface area contributed by atoms with Crippen LogP contribution in [0, 0.1) is 16.7 Å². The number of Topliss-reactive ketones (excluding diaryl/α,β-unsaturated/α-hetero) is 1. The number of hydrogen-bond acceptors (Lipinski definition) is 15. The molecule has 1 aliphatic heterocycles. The Morgan fingerprint density at radius 1 is 0.838 bits per heavy atom. The molecule has 1 unspecified atom stereocenters. The molecule has 68 heavy (non-hydrogen) atoms. The van der Waals surface area contributed by atoms with E-state index >= 15 is 9.59 Å². The van der Waals surface area contributed by atoms with E-state index in [-0.39, 0.29) is 41.7 Å². The number of aliphatic hydroxyl groups excluding tert-OH is 1. The lowest BCUT2D eigenvalue weighted by Gasteiger charge is -2.67. The van der Waals surface area contributed by atoms with E-state index in [9.17, 15) is 34.2 Å². The van der Waals surface area contributed by atoms with Crippen molar-refractivity contribution < 1.29 is 72.2 Å². The predicted octanol–water partition coefficient (Wildman–Crippen LogP) is 5.48. The van der Waals surface area contributed by atoms with Crippen molar-refractivity contribution in [2.45, 2.75) is 134 Å². The maximum Gasteiger partial charge on any atom is 0.350 e. The van der Waals surface area contributed by atoms with Crippen molar-refractivity contribution in [2.75, 3.05) is 6.61 Å². The molecule has 2 bridgehead atoms. The Morgan fingerprint density at radius 2 is 1.44 bits per heavy atom. The average molecular weight is 938 g/mol. The number of rotatable bonds is 14. The molecule has 1 heterocycles. The van der Waals surface area contributed by atoms with Gasteiger partial charge in [0.25, 0.3) is 5.91 Å². The molecule has 3 N–H and O–H groups in total. The molecule has 3 fully saturated rings. The summed E-state index contributed by atoms with van der Waals surface area (Å²) < 4.78 is 36.7. The third-order valence-electron chi connectivity index (χ3n) is 14.5. The standard InChI is InChI=1S/C52H59NO15/c1-8-9-25-38(57)66-42(40(32-19-13-10-14-20-32)53-46(59)33-21-15-11-16-22-33)48(61)65-35-27-52(62)45(67-47(60)34-23-17-12-18-24-34)43-50(7,36(56)26-37-51(43,28-63-37)68-31(4)55)44(58)41(64-30(3)54)39(29(35)2)49(52,5)6/h10-24,35-37,40-43,45,56,62H,8-9,25-28H2,1-7H3,(H,53,59)/t35-,36-,37+,40-,41+,42+,43?,45-,50+,51-,52+/m0/s1. The van der Waals surface area contributed by atoms with Crippen molar-refractivity contribution in [2.24, 2.45) is 16.7 Å². The van der Waals surface area contributed by atoms with Crippen LogP contribution in [-0.4, -0.2) is 106 Å². The summed E-state index contributed by atoms with van der Waals surface area (Å²) in [7, 11) is 0. The summed E-state index contributed by atoms with van der Waals surface area (Å²) in [5.74, 6) is -7.60. The van der Waals surface area contributed by atoms with Gasteiger partial charge in [-0.1, -0.05) is 93.9 Å². The minimum atomic E-state index is -2.43. The zero-order chi connectivity index (χ0) is 49.3. The summed E-state index contributed by atoms with van der Waals surface area (Å²) in [6.45, 7) is 9.85. The summed E-state index contributed by atoms with van der Waals surface area (Å²) >= 11 is 0. The number of aliphatic hydroxyl groups is 2. The number of esters is 5. The van der Waals surface area contributed by atoms with Crippen LogP contribution in [-0.2, 0) is 52.4 Å². The SMILES string of the molecule is CCCCC(=O)O[C@@H](C(=O)O[C@H]1C[C@@]2(O)[C@@H](OC(=O)c3ccccc3)C3[C@](C)(C(=O)[C@H](OC(C)=O)C(=C1C)C2(C)C)[C@@H](O)C[C@H]1OC[C@@]31OC(C)=O)[C@@H](NC(=O)c1ccccc1)c1ccccc1. The summed E-state index contributed by atoms with van der Waals surface area (Å²) in [5, 5.41) is 28.9. The van der Waals surface area contributed by atoms with E-state index in [1.54, 1.807) is 92.7 Å². The first-order valence-corrected chi connectivity index (χ1v) is 22.9. The van der Waals surface area contributed by atoms with Gasteiger partial charge in [0.2, 0.25) is 6.10 Å². The van der Waals surface area contributed by atoms with Crippen LogP contribution >= 0.6 is 0 Å². The van der Waals surface area contributed by atoms with E-state index < -0.39 is 119 Å². The molecule has 3 aliphatic carbocycles. The Labute approximate surface area is 394 Å². The largest absolute Gasteiger partial charge is 0.455 e. The van der Waals surface area contributed by atoms with Crippen LogP contribution in [0.1, 0.15) is 113 Å². The lowest BCUT2D eigenvalue weighted by Crippen LogP contribution is -2.82. The molecule has 16 nitrogen and oxygen atoms in total. The average Bonchev–Trinajstić information content (AvgIpc) is 3.30. The number of fused-ring (bicyclic) bond motifs is 5. The van der Waals surface area contributed by atoms with Gasteiger partial charge in [0, 0.05) is 44.1 Å². The second kappa shape index (κ2) is 19.4. The highest BCUT2D eigenvalue weighted by Gasteiger charge is 2.78. The monoisotopic (exact) mass is 937 g/mol. The zero-order valence-corrected chi connectivity index (χ0v) is 39.2. The zero-order valence-electron chi connectivity index (χ0n) is 39.2. The van der Waals surface area contributed by atoms with E-state index in [2.05, 4.69) is 5.32 Å². The number of ketones is 1. The maximum absolute atomic E-state index is 15.7. The van der Waals surface area contributed by atoms with Gasteiger partial charge in [-0.3, -0.25) is 24.0 Å². The van der Waals surface area contributed by atoms with Crippen LogP contribution in [0.3, 0.4) is 0 Å². The first kappa shape index (κ1) is 49.7. The number of nitrogens with one attached hydrogen (secondary N) is 1. The summed E-state index contributed by atoms with van der Waals surface area (Å²) in [4.78, 5) is 98.9. The first-order valence-electron chi connectivity index (χ1n) is 22.9. The molecule has 2 saturated carbocycles. The lowest BCUT2D eigenvalue weighted by molar-refractivity contribution is -0.346. The Morgan fingerprint density at radius 3 is 2.00 bits per heavy atom. The van der Waals surface area contributed by atoms with Crippen molar-refractivity contribution in [3.8, 4) is 0 Å². The lowest BCUT2D eigenvalue weighted by atomic mass is 9.44. The molecule has 7 rings (SSSR count). The molecule has 4 aliphatic rings. The number of carbonyl (C=O) groups is 7. The molecular formula is C52H59NO15. The number of amides is 1. The Bertz CT molecular complexity index is 2460. The minimum Gasteiger partial charge on any atom is -0.455 e. The molecule has 16 heteroatoms. The number of hydrogen-bond donors (Lipinski definition) is 3. The van der Waals surface area contributed by atoms with Gasteiger partial charge in [-0.15, -0.1) is 0 Å². The quantitative estimate of drug-likeness (QED) is 0.103. The van der Waals surface area contributed by atoms with Crippen LogP contribution in [0.25, 0.3) is 0 Å². The summed E-state index contributed by atoms with van der Waals surface area (Å²) in [6, 6.07) is 23.1. The van der Waals surface area contributed by atoms with Crippen molar-refractivity contribution in [3.05, 3.63) is 119 Å².